The number of ether oxygens (including phenoxy) is 2. The molecule has 0 saturated carbocycles. The summed E-state index contributed by atoms with van der Waals surface area (Å²) in [6, 6.07) is 15.9. The number of hydrogen-bond acceptors (Lipinski definition) is 4. The van der Waals surface area contributed by atoms with Crippen molar-refractivity contribution in [3.63, 3.8) is 0 Å². The van der Waals surface area contributed by atoms with E-state index in [0.717, 1.165) is 56.1 Å². The number of carbonyl (C=O) groups is 1. The summed E-state index contributed by atoms with van der Waals surface area (Å²) in [6.45, 7) is 13.7. The van der Waals surface area contributed by atoms with Gasteiger partial charge in [0.25, 0.3) is 5.91 Å². The average Bonchev–Trinajstić information content (AvgIpc) is 2.74. The monoisotopic (exact) mass is 424 g/mol. The van der Waals surface area contributed by atoms with Crippen LogP contribution in [-0.4, -0.2) is 56.3 Å². The quantitative estimate of drug-likeness (QED) is 0.672. The van der Waals surface area contributed by atoms with Gasteiger partial charge >= 0.3 is 0 Å². The molecule has 1 saturated heterocycles. The van der Waals surface area contributed by atoms with Crippen molar-refractivity contribution >= 4 is 5.91 Å². The predicted molar refractivity (Wildman–Crippen MR) is 126 cm³/mol. The Hall–Kier alpha value is -2.37. The van der Waals surface area contributed by atoms with Crippen LogP contribution in [0.1, 0.15) is 44.5 Å². The van der Waals surface area contributed by atoms with Crippen molar-refractivity contribution in [3.05, 3.63) is 54.1 Å². The molecule has 3 rings (SSSR count). The molecule has 1 N–H and O–H groups in total. The second-order valence-electron chi connectivity index (χ2n) is 9.51. The van der Waals surface area contributed by atoms with Crippen LogP contribution in [0, 0.1) is 5.41 Å². The Morgan fingerprint density at radius 1 is 1.10 bits per heavy atom. The molecule has 0 bridgehead atoms. The van der Waals surface area contributed by atoms with Crippen LogP contribution in [0.2, 0.25) is 0 Å². The van der Waals surface area contributed by atoms with Crippen molar-refractivity contribution in [1.82, 2.24) is 10.2 Å². The Morgan fingerprint density at radius 3 is 2.48 bits per heavy atom. The SMILES string of the molecule is CC(CN1CCOCC1)Oc1cccc(-c2ccc(C(=O)NCCC(C)(C)C)cc2)c1. The van der Waals surface area contributed by atoms with E-state index in [2.05, 4.69) is 50.0 Å². The lowest BCUT2D eigenvalue weighted by Gasteiger charge is -2.29. The molecule has 1 heterocycles. The fraction of sp³-hybridized carbons (Fsp3) is 0.500. The first kappa shape index (κ1) is 23.3. The third-order valence-electron chi connectivity index (χ3n) is 5.43. The Morgan fingerprint density at radius 2 is 1.81 bits per heavy atom. The highest BCUT2D eigenvalue weighted by Gasteiger charge is 2.15. The van der Waals surface area contributed by atoms with E-state index in [-0.39, 0.29) is 17.4 Å². The van der Waals surface area contributed by atoms with E-state index < -0.39 is 0 Å². The molecule has 2 aromatic rings. The Bertz CT molecular complexity index is 836. The van der Waals surface area contributed by atoms with Gasteiger partial charge in [0, 0.05) is 31.7 Å². The summed E-state index contributed by atoms with van der Waals surface area (Å²) in [4.78, 5) is 14.8. The van der Waals surface area contributed by atoms with Gasteiger partial charge in [-0.3, -0.25) is 9.69 Å². The van der Waals surface area contributed by atoms with Crippen LogP contribution in [-0.2, 0) is 4.74 Å². The fourth-order valence-corrected chi connectivity index (χ4v) is 3.63. The zero-order valence-electron chi connectivity index (χ0n) is 19.3. The standard InChI is InChI=1S/C26H36N2O3/c1-20(19-28-14-16-30-17-15-28)31-24-7-5-6-23(18-24)21-8-10-22(11-9-21)25(29)27-13-12-26(2,3)4/h5-11,18,20H,12-17,19H2,1-4H3,(H,27,29). The molecule has 168 valence electrons. The van der Waals surface area contributed by atoms with E-state index in [9.17, 15) is 4.79 Å². The number of benzene rings is 2. The van der Waals surface area contributed by atoms with Crippen molar-refractivity contribution in [2.45, 2.75) is 40.2 Å². The Labute approximate surface area is 186 Å². The number of carbonyl (C=O) groups excluding carboxylic acids is 1. The van der Waals surface area contributed by atoms with Gasteiger partial charge in [-0.05, 0) is 54.2 Å². The zero-order valence-corrected chi connectivity index (χ0v) is 19.3. The average molecular weight is 425 g/mol. The topological polar surface area (TPSA) is 50.8 Å². The number of morpholine rings is 1. The zero-order chi connectivity index (χ0) is 22.3. The molecule has 1 aliphatic heterocycles. The molecule has 31 heavy (non-hydrogen) atoms. The number of amides is 1. The van der Waals surface area contributed by atoms with Crippen LogP contribution in [0.15, 0.2) is 48.5 Å². The van der Waals surface area contributed by atoms with Gasteiger partial charge in [-0.2, -0.15) is 0 Å². The van der Waals surface area contributed by atoms with Crippen molar-refractivity contribution in [1.29, 1.82) is 0 Å². The van der Waals surface area contributed by atoms with Crippen LogP contribution in [0.3, 0.4) is 0 Å². The molecule has 1 amide bonds. The van der Waals surface area contributed by atoms with Crippen molar-refractivity contribution < 1.29 is 14.3 Å². The summed E-state index contributed by atoms with van der Waals surface area (Å²) in [5.41, 5.74) is 3.04. The van der Waals surface area contributed by atoms with Gasteiger partial charge in [-0.15, -0.1) is 0 Å². The second kappa shape index (κ2) is 10.8. The van der Waals surface area contributed by atoms with Crippen LogP contribution in [0.5, 0.6) is 5.75 Å². The van der Waals surface area contributed by atoms with Crippen LogP contribution >= 0.6 is 0 Å². The summed E-state index contributed by atoms with van der Waals surface area (Å²) < 4.78 is 11.6. The van der Waals surface area contributed by atoms with Crippen LogP contribution < -0.4 is 10.1 Å². The summed E-state index contributed by atoms with van der Waals surface area (Å²) in [7, 11) is 0. The molecule has 0 aliphatic carbocycles. The lowest BCUT2D eigenvalue weighted by molar-refractivity contribution is 0.0219. The minimum atomic E-state index is -0.0233. The molecule has 0 spiro atoms. The first-order valence-corrected chi connectivity index (χ1v) is 11.3. The molecular weight excluding hydrogens is 388 g/mol. The van der Waals surface area contributed by atoms with Crippen LogP contribution in [0.25, 0.3) is 11.1 Å². The number of hydrogen-bond donors (Lipinski definition) is 1. The Balaban J connectivity index is 1.56. The van der Waals surface area contributed by atoms with E-state index in [0.29, 0.717) is 12.1 Å². The smallest absolute Gasteiger partial charge is 0.251 e. The highest BCUT2D eigenvalue weighted by Crippen LogP contribution is 2.25. The van der Waals surface area contributed by atoms with E-state index in [4.69, 9.17) is 9.47 Å². The van der Waals surface area contributed by atoms with Gasteiger partial charge in [0.1, 0.15) is 11.9 Å². The molecule has 0 aromatic heterocycles. The molecular formula is C26H36N2O3. The maximum Gasteiger partial charge on any atom is 0.251 e. The van der Waals surface area contributed by atoms with E-state index >= 15 is 0 Å². The number of nitrogens with zero attached hydrogens (tertiary/aromatic N) is 1. The lowest BCUT2D eigenvalue weighted by Crippen LogP contribution is -2.41. The predicted octanol–water partition coefficient (Wildman–Crippen LogP) is 4.62. The lowest BCUT2D eigenvalue weighted by atomic mass is 9.92. The molecule has 0 radical (unpaired) electrons. The van der Waals surface area contributed by atoms with E-state index in [1.165, 1.54) is 0 Å². The first-order chi connectivity index (χ1) is 14.8. The first-order valence-electron chi connectivity index (χ1n) is 11.3. The second-order valence-corrected chi connectivity index (χ2v) is 9.51. The van der Waals surface area contributed by atoms with Crippen molar-refractivity contribution in [2.24, 2.45) is 5.41 Å². The molecule has 5 heteroatoms. The van der Waals surface area contributed by atoms with E-state index in [1.54, 1.807) is 0 Å². The van der Waals surface area contributed by atoms with Gasteiger partial charge in [0.15, 0.2) is 0 Å². The van der Waals surface area contributed by atoms with Gasteiger partial charge < -0.3 is 14.8 Å². The summed E-state index contributed by atoms with van der Waals surface area (Å²) in [5, 5.41) is 3.01. The fourth-order valence-electron chi connectivity index (χ4n) is 3.63. The molecule has 1 fully saturated rings. The Kier molecular flexibility index (Phi) is 8.10. The van der Waals surface area contributed by atoms with Crippen LogP contribution in [0.4, 0.5) is 0 Å². The molecule has 5 nitrogen and oxygen atoms in total. The third-order valence-corrected chi connectivity index (χ3v) is 5.43. The number of rotatable bonds is 8. The third kappa shape index (κ3) is 7.67. The largest absolute Gasteiger partial charge is 0.489 e. The van der Waals surface area contributed by atoms with Gasteiger partial charge in [-0.25, -0.2) is 0 Å². The summed E-state index contributed by atoms with van der Waals surface area (Å²) in [6.07, 6.45) is 1.06. The molecule has 2 aromatic carbocycles. The highest BCUT2D eigenvalue weighted by molar-refractivity contribution is 5.94. The van der Waals surface area contributed by atoms with Gasteiger partial charge in [0.2, 0.25) is 0 Å². The highest BCUT2D eigenvalue weighted by atomic mass is 16.5. The molecule has 1 aliphatic rings. The summed E-state index contributed by atoms with van der Waals surface area (Å²) >= 11 is 0. The van der Waals surface area contributed by atoms with Crippen molar-refractivity contribution in [3.8, 4) is 16.9 Å². The number of nitrogens with one attached hydrogen (secondary N) is 1. The minimum Gasteiger partial charge on any atom is -0.489 e. The maximum atomic E-state index is 12.4. The summed E-state index contributed by atoms with van der Waals surface area (Å²) in [5.74, 6) is 0.840. The normalized spacial score (nSPS) is 16.0. The van der Waals surface area contributed by atoms with Crippen molar-refractivity contribution in [2.75, 3.05) is 39.4 Å². The maximum absolute atomic E-state index is 12.4. The minimum absolute atomic E-state index is 0.0233. The molecule has 1 unspecified atom stereocenters. The van der Waals surface area contributed by atoms with E-state index in [1.807, 2.05) is 36.4 Å². The van der Waals surface area contributed by atoms with Gasteiger partial charge in [0.05, 0.1) is 13.2 Å². The van der Waals surface area contributed by atoms with Gasteiger partial charge in [-0.1, -0.05) is 45.0 Å². The molecule has 1 atom stereocenters.